The molecule has 0 radical (unpaired) electrons. The Morgan fingerprint density at radius 3 is 2.81 bits per heavy atom. The Morgan fingerprint density at radius 2 is 2.25 bits per heavy atom. The third-order valence-electron chi connectivity index (χ3n) is 3.16. The molecule has 0 bridgehead atoms. The van der Waals surface area contributed by atoms with Crippen LogP contribution in [0.3, 0.4) is 0 Å². The van der Waals surface area contributed by atoms with Gasteiger partial charge < -0.3 is 15.6 Å². The summed E-state index contributed by atoms with van der Waals surface area (Å²) in [6.07, 6.45) is 2.57. The summed E-state index contributed by atoms with van der Waals surface area (Å²) in [6.45, 7) is 4.89. The number of rotatable bonds is 4. The molecule has 4 nitrogen and oxygen atoms in total. The van der Waals surface area contributed by atoms with E-state index in [4.69, 9.17) is 5.73 Å². The topological polar surface area (TPSA) is 60.1 Å². The fraction of sp³-hybridized carbons (Fsp3) is 0.583. The number of nitrogens with one attached hydrogen (secondary N) is 1. The normalized spacial score (nSPS) is 15.2. The van der Waals surface area contributed by atoms with Gasteiger partial charge in [-0.2, -0.15) is 0 Å². The van der Waals surface area contributed by atoms with Crippen molar-refractivity contribution in [1.82, 2.24) is 9.88 Å². The molecule has 2 rings (SSSR count). The van der Waals surface area contributed by atoms with E-state index in [1.54, 1.807) is 0 Å². The SMILES string of the molecule is Cc1cc(CNC(=O)CN)c(C)n1C1CC1. The molecule has 0 unspecified atom stereocenters. The first kappa shape index (κ1) is 11.2. The Hall–Kier alpha value is -1.29. The van der Waals surface area contributed by atoms with Crippen LogP contribution >= 0.6 is 0 Å². The first-order valence-electron chi connectivity index (χ1n) is 5.77. The number of nitrogens with two attached hydrogens (primary N) is 1. The van der Waals surface area contributed by atoms with Crippen LogP contribution in [0.5, 0.6) is 0 Å². The van der Waals surface area contributed by atoms with Crippen LogP contribution < -0.4 is 11.1 Å². The van der Waals surface area contributed by atoms with Crippen LogP contribution in [0.25, 0.3) is 0 Å². The Kier molecular flexibility index (Phi) is 3.01. The number of carbonyl (C=O) groups is 1. The van der Waals surface area contributed by atoms with E-state index in [1.165, 1.54) is 29.8 Å². The zero-order chi connectivity index (χ0) is 11.7. The molecule has 0 aliphatic heterocycles. The average molecular weight is 221 g/mol. The quantitative estimate of drug-likeness (QED) is 0.797. The summed E-state index contributed by atoms with van der Waals surface area (Å²) in [5.74, 6) is -0.101. The molecule has 1 fully saturated rings. The maximum Gasteiger partial charge on any atom is 0.234 e. The number of nitrogens with zero attached hydrogens (tertiary/aromatic N) is 1. The minimum atomic E-state index is -0.101. The lowest BCUT2D eigenvalue weighted by atomic mass is 10.2. The lowest BCUT2D eigenvalue weighted by Crippen LogP contribution is -2.29. The van der Waals surface area contributed by atoms with Gasteiger partial charge in [0.05, 0.1) is 6.54 Å². The molecule has 4 heteroatoms. The molecule has 0 aromatic carbocycles. The average Bonchev–Trinajstić information content (AvgIpc) is 3.04. The molecule has 1 aromatic rings. The standard InChI is InChI=1S/C12H19N3O/c1-8-5-10(7-14-12(16)6-13)9(2)15(8)11-3-4-11/h5,11H,3-4,6-7,13H2,1-2H3,(H,14,16). The minimum absolute atomic E-state index is 0.0569. The zero-order valence-electron chi connectivity index (χ0n) is 9.92. The van der Waals surface area contributed by atoms with Gasteiger partial charge in [-0.05, 0) is 38.3 Å². The van der Waals surface area contributed by atoms with Gasteiger partial charge in [0, 0.05) is 24.0 Å². The molecule has 1 aliphatic rings. The van der Waals surface area contributed by atoms with Gasteiger partial charge in [-0.1, -0.05) is 0 Å². The molecule has 0 spiro atoms. The van der Waals surface area contributed by atoms with E-state index in [-0.39, 0.29) is 12.5 Å². The molecule has 1 heterocycles. The molecule has 88 valence electrons. The number of amides is 1. The van der Waals surface area contributed by atoms with Crippen molar-refractivity contribution >= 4 is 5.91 Å². The third kappa shape index (κ3) is 2.11. The maximum absolute atomic E-state index is 11.1. The monoisotopic (exact) mass is 221 g/mol. The summed E-state index contributed by atoms with van der Waals surface area (Å²) >= 11 is 0. The fourth-order valence-electron chi connectivity index (χ4n) is 2.18. The van der Waals surface area contributed by atoms with Gasteiger partial charge in [0.15, 0.2) is 0 Å². The van der Waals surface area contributed by atoms with E-state index >= 15 is 0 Å². The van der Waals surface area contributed by atoms with Gasteiger partial charge in [0.25, 0.3) is 0 Å². The summed E-state index contributed by atoms with van der Waals surface area (Å²) in [5.41, 5.74) is 9.01. The largest absolute Gasteiger partial charge is 0.351 e. The Balaban J connectivity index is 2.09. The molecule has 1 aliphatic carbocycles. The third-order valence-corrected chi connectivity index (χ3v) is 3.16. The van der Waals surface area contributed by atoms with Crippen molar-refractivity contribution in [2.24, 2.45) is 5.73 Å². The highest BCUT2D eigenvalue weighted by atomic mass is 16.1. The molecular formula is C12H19N3O. The van der Waals surface area contributed by atoms with Gasteiger partial charge in [-0.3, -0.25) is 4.79 Å². The Bertz CT molecular complexity index is 405. The van der Waals surface area contributed by atoms with Crippen molar-refractivity contribution in [2.45, 2.75) is 39.3 Å². The van der Waals surface area contributed by atoms with E-state index in [2.05, 4.69) is 29.8 Å². The number of aryl methyl sites for hydroxylation is 1. The Labute approximate surface area is 95.8 Å². The van der Waals surface area contributed by atoms with Crippen molar-refractivity contribution in [3.05, 3.63) is 23.0 Å². The van der Waals surface area contributed by atoms with Gasteiger partial charge in [-0.25, -0.2) is 0 Å². The van der Waals surface area contributed by atoms with Crippen LogP contribution in [-0.2, 0) is 11.3 Å². The van der Waals surface area contributed by atoms with Crippen molar-refractivity contribution in [2.75, 3.05) is 6.54 Å². The number of hydrogen-bond acceptors (Lipinski definition) is 2. The molecule has 1 saturated carbocycles. The van der Waals surface area contributed by atoms with Crippen LogP contribution in [0.1, 0.15) is 35.8 Å². The second-order valence-corrected chi connectivity index (χ2v) is 4.48. The van der Waals surface area contributed by atoms with Crippen molar-refractivity contribution < 1.29 is 4.79 Å². The summed E-state index contributed by atoms with van der Waals surface area (Å²) in [4.78, 5) is 11.1. The first-order chi connectivity index (χ1) is 7.63. The van der Waals surface area contributed by atoms with Crippen molar-refractivity contribution in [3.63, 3.8) is 0 Å². The number of carbonyl (C=O) groups excluding carboxylic acids is 1. The van der Waals surface area contributed by atoms with Gasteiger partial charge in [0.2, 0.25) is 5.91 Å². The number of aromatic nitrogens is 1. The molecule has 1 aromatic heterocycles. The molecular weight excluding hydrogens is 202 g/mol. The van der Waals surface area contributed by atoms with Crippen LogP contribution in [0, 0.1) is 13.8 Å². The molecule has 16 heavy (non-hydrogen) atoms. The van der Waals surface area contributed by atoms with Crippen molar-refractivity contribution in [1.29, 1.82) is 0 Å². The lowest BCUT2D eigenvalue weighted by molar-refractivity contribution is -0.119. The zero-order valence-corrected chi connectivity index (χ0v) is 9.92. The van der Waals surface area contributed by atoms with E-state index in [9.17, 15) is 4.79 Å². The van der Waals surface area contributed by atoms with Gasteiger partial charge in [-0.15, -0.1) is 0 Å². The predicted molar refractivity (Wildman–Crippen MR) is 63.1 cm³/mol. The van der Waals surface area contributed by atoms with Crippen LogP contribution in [0.4, 0.5) is 0 Å². The van der Waals surface area contributed by atoms with E-state index in [1.807, 2.05) is 0 Å². The predicted octanol–water partition coefficient (Wildman–Crippen LogP) is 1.01. The maximum atomic E-state index is 11.1. The van der Waals surface area contributed by atoms with Crippen LogP contribution in [0.2, 0.25) is 0 Å². The van der Waals surface area contributed by atoms with E-state index < -0.39 is 0 Å². The highest BCUT2D eigenvalue weighted by Gasteiger charge is 2.26. The van der Waals surface area contributed by atoms with Crippen molar-refractivity contribution in [3.8, 4) is 0 Å². The summed E-state index contributed by atoms with van der Waals surface area (Å²) in [6, 6.07) is 2.85. The summed E-state index contributed by atoms with van der Waals surface area (Å²) in [7, 11) is 0. The summed E-state index contributed by atoms with van der Waals surface area (Å²) in [5, 5.41) is 2.81. The lowest BCUT2D eigenvalue weighted by Gasteiger charge is -2.08. The summed E-state index contributed by atoms with van der Waals surface area (Å²) < 4.78 is 2.38. The molecule has 1 amide bonds. The minimum Gasteiger partial charge on any atom is -0.351 e. The van der Waals surface area contributed by atoms with Gasteiger partial charge >= 0.3 is 0 Å². The van der Waals surface area contributed by atoms with Gasteiger partial charge in [0.1, 0.15) is 0 Å². The first-order valence-corrected chi connectivity index (χ1v) is 5.77. The fourth-order valence-corrected chi connectivity index (χ4v) is 2.18. The Morgan fingerprint density at radius 1 is 1.56 bits per heavy atom. The van der Waals surface area contributed by atoms with Crippen LogP contribution in [-0.4, -0.2) is 17.0 Å². The van der Waals surface area contributed by atoms with E-state index in [0.717, 1.165) is 0 Å². The smallest absolute Gasteiger partial charge is 0.234 e. The molecule has 3 N–H and O–H groups in total. The highest BCUT2D eigenvalue weighted by molar-refractivity contribution is 5.77. The number of hydrogen-bond donors (Lipinski definition) is 2. The van der Waals surface area contributed by atoms with E-state index in [0.29, 0.717) is 12.6 Å². The molecule has 0 atom stereocenters. The molecule has 0 saturated heterocycles. The second kappa shape index (κ2) is 4.29. The second-order valence-electron chi connectivity index (χ2n) is 4.48. The highest BCUT2D eigenvalue weighted by Crippen LogP contribution is 2.38. The van der Waals surface area contributed by atoms with Crippen LogP contribution in [0.15, 0.2) is 6.07 Å².